The fourth-order valence-electron chi connectivity index (χ4n) is 2.53. The minimum absolute atomic E-state index is 0.0416. The Hall–Kier alpha value is -2.67. The largest absolute Gasteiger partial charge is 0.349 e. The number of hydrogen-bond acceptors (Lipinski definition) is 5. The molecule has 3 aromatic rings. The number of nitrogens with zero attached hydrogens (tertiary/aromatic N) is 4. The van der Waals surface area contributed by atoms with Crippen LogP contribution in [0.15, 0.2) is 53.7 Å². The zero-order chi connectivity index (χ0) is 18.5. The molecule has 3 rings (SSSR count). The van der Waals surface area contributed by atoms with E-state index in [2.05, 4.69) is 34.7 Å². The Morgan fingerprint density at radius 3 is 2.65 bits per heavy atom. The molecule has 6 nitrogen and oxygen atoms in total. The highest BCUT2D eigenvalue weighted by molar-refractivity contribution is 7.99. The van der Waals surface area contributed by atoms with Gasteiger partial charge < -0.3 is 5.32 Å². The average molecular weight is 367 g/mol. The van der Waals surface area contributed by atoms with Gasteiger partial charge in [0.25, 0.3) is 0 Å². The van der Waals surface area contributed by atoms with E-state index in [4.69, 9.17) is 0 Å². The molecule has 1 amide bonds. The van der Waals surface area contributed by atoms with Gasteiger partial charge in [-0.25, -0.2) is 0 Å². The highest BCUT2D eigenvalue weighted by atomic mass is 32.2. The van der Waals surface area contributed by atoms with Gasteiger partial charge in [0, 0.05) is 0 Å². The van der Waals surface area contributed by atoms with Crippen LogP contribution in [0.5, 0.6) is 0 Å². The van der Waals surface area contributed by atoms with Crippen molar-refractivity contribution in [2.24, 2.45) is 0 Å². The zero-order valence-corrected chi connectivity index (χ0v) is 15.8. The first-order valence-corrected chi connectivity index (χ1v) is 9.36. The predicted molar refractivity (Wildman–Crippen MR) is 102 cm³/mol. The van der Waals surface area contributed by atoms with Crippen LogP contribution >= 0.6 is 11.8 Å². The molecular formula is C19H21N5OS. The second-order valence-electron chi connectivity index (χ2n) is 6.13. The molecule has 0 saturated heterocycles. The van der Waals surface area contributed by atoms with Crippen molar-refractivity contribution in [2.45, 2.75) is 32.0 Å². The fraction of sp³-hybridized carbons (Fsp3) is 0.263. The van der Waals surface area contributed by atoms with Crippen LogP contribution in [0.3, 0.4) is 0 Å². The van der Waals surface area contributed by atoms with E-state index in [1.165, 1.54) is 22.9 Å². The SMILES string of the molecule is Cc1ccc(-n2nnnc2SCC(=O)NC(C)c2ccccc2)cc1C. The molecule has 0 saturated carbocycles. The number of tetrazole rings is 1. The molecule has 0 spiro atoms. The molecule has 0 fully saturated rings. The molecule has 2 aromatic carbocycles. The predicted octanol–water partition coefficient (Wildman–Crippen LogP) is 3.25. The smallest absolute Gasteiger partial charge is 0.230 e. The third-order valence-corrected chi connectivity index (χ3v) is 5.10. The number of aromatic nitrogens is 4. The maximum atomic E-state index is 12.3. The van der Waals surface area contributed by atoms with Gasteiger partial charge in [0.05, 0.1) is 17.5 Å². The van der Waals surface area contributed by atoms with Crippen LogP contribution in [0.2, 0.25) is 0 Å². The number of thioether (sulfide) groups is 1. The first kappa shape index (κ1) is 18.1. The van der Waals surface area contributed by atoms with Gasteiger partial charge in [-0.05, 0) is 60.0 Å². The van der Waals surface area contributed by atoms with Crippen molar-refractivity contribution >= 4 is 17.7 Å². The third kappa shape index (κ3) is 4.29. The molecule has 1 unspecified atom stereocenters. The molecular weight excluding hydrogens is 346 g/mol. The maximum Gasteiger partial charge on any atom is 0.230 e. The van der Waals surface area contributed by atoms with E-state index in [-0.39, 0.29) is 17.7 Å². The molecule has 7 heteroatoms. The number of hydrogen-bond donors (Lipinski definition) is 1. The average Bonchev–Trinajstić information content (AvgIpc) is 3.11. The summed E-state index contributed by atoms with van der Waals surface area (Å²) in [4.78, 5) is 12.3. The third-order valence-electron chi connectivity index (χ3n) is 4.19. The van der Waals surface area contributed by atoms with E-state index in [0.717, 1.165) is 11.3 Å². The Labute approximate surface area is 157 Å². The van der Waals surface area contributed by atoms with Crippen molar-refractivity contribution in [2.75, 3.05) is 5.75 Å². The quantitative estimate of drug-likeness (QED) is 0.677. The van der Waals surface area contributed by atoms with Gasteiger partial charge in [0.15, 0.2) is 0 Å². The highest BCUT2D eigenvalue weighted by Crippen LogP contribution is 2.20. The minimum atomic E-state index is -0.0546. The Morgan fingerprint density at radius 2 is 1.92 bits per heavy atom. The molecule has 1 atom stereocenters. The summed E-state index contributed by atoms with van der Waals surface area (Å²) < 4.78 is 1.66. The van der Waals surface area contributed by atoms with Crippen LogP contribution in [0.1, 0.15) is 29.7 Å². The van der Waals surface area contributed by atoms with Gasteiger partial charge in [0.2, 0.25) is 11.1 Å². The van der Waals surface area contributed by atoms with E-state index < -0.39 is 0 Å². The van der Waals surface area contributed by atoms with E-state index in [0.29, 0.717) is 5.16 Å². The standard InChI is InChI=1S/C19H21N5OS/c1-13-9-10-17(11-14(13)2)24-19(21-22-23-24)26-12-18(25)20-15(3)16-7-5-4-6-8-16/h4-11,15H,12H2,1-3H3,(H,20,25). The summed E-state index contributed by atoms with van der Waals surface area (Å²) in [6, 6.07) is 15.9. The van der Waals surface area contributed by atoms with Gasteiger partial charge in [0.1, 0.15) is 0 Å². The minimum Gasteiger partial charge on any atom is -0.349 e. The van der Waals surface area contributed by atoms with Crippen molar-refractivity contribution in [1.82, 2.24) is 25.5 Å². The number of nitrogens with one attached hydrogen (secondary N) is 1. The lowest BCUT2D eigenvalue weighted by Gasteiger charge is -2.14. The summed E-state index contributed by atoms with van der Waals surface area (Å²) in [7, 11) is 0. The second-order valence-corrected chi connectivity index (χ2v) is 7.07. The zero-order valence-electron chi connectivity index (χ0n) is 15.0. The molecule has 0 radical (unpaired) electrons. The van der Waals surface area contributed by atoms with Crippen LogP contribution in [-0.4, -0.2) is 31.9 Å². The normalized spacial score (nSPS) is 12.0. The summed E-state index contributed by atoms with van der Waals surface area (Å²) in [5.74, 6) is 0.198. The topological polar surface area (TPSA) is 72.7 Å². The summed E-state index contributed by atoms with van der Waals surface area (Å²) in [6.07, 6.45) is 0. The molecule has 0 aliphatic heterocycles. The van der Waals surface area contributed by atoms with Gasteiger partial charge in [-0.15, -0.1) is 5.10 Å². The summed E-state index contributed by atoms with van der Waals surface area (Å²) in [5, 5.41) is 15.4. The van der Waals surface area contributed by atoms with Crippen molar-refractivity contribution in [3.05, 3.63) is 65.2 Å². The van der Waals surface area contributed by atoms with Crippen LogP contribution in [-0.2, 0) is 4.79 Å². The van der Waals surface area contributed by atoms with Gasteiger partial charge in [-0.2, -0.15) is 4.68 Å². The lowest BCUT2D eigenvalue weighted by atomic mass is 10.1. The Balaban J connectivity index is 1.63. The van der Waals surface area contributed by atoms with Crippen LogP contribution in [0.25, 0.3) is 5.69 Å². The Kier molecular flexibility index (Phi) is 5.68. The van der Waals surface area contributed by atoms with Gasteiger partial charge in [-0.1, -0.05) is 48.2 Å². The number of carbonyl (C=O) groups is 1. The van der Waals surface area contributed by atoms with E-state index in [1.54, 1.807) is 4.68 Å². The first-order chi connectivity index (χ1) is 12.5. The maximum absolute atomic E-state index is 12.3. The molecule has 134 valence electrons. The lowest BCUT2D eigenvalue weighted by Crippen LogP contribution is -2.28. The van der Waals surface area contributed by atoms with E-state index in [1.807, 2.05) is 55.5 Å². The molecule has 1 heterocycles. The van der Waals surface area contributed by atoms with E-state index in [9.17, 15) is 4.79 Å². The Bertz CT molecular complexity index is 894. The number of amides is 1. The van der Waals surface area contributed by atoms with Crippen LogP contribution in [0.4, 0.5) is 0 Å². The monoisotopic (exact) mass is 367 g/mol. The molecule has 0 bridgehead atoms. The van der Waals surface area contributed by atoms with Gasteiger partial charge >= 0.3 is 0 Å². The number of rotatable bonds is 6. The summed E-state index contributed by atoms with van der Waals surface area (Å²) >= 11 is 1.32. The van der Waals surface area contributed by atoms with Crippen molar-refractivity contribution in [3.8, 4) is 5.69 Å². The fourth-order valence-corrected chi connectivity index (χ4v) is 3.23. The number of aryl methyl sites for hydroxylation is 2. The molecule has 1 N–H and O–H groups in total. The summed E-state index contributed by atoms with van der Waals surface area (Å²) in [6.45, 7) is 6.08. The molecule has 1 aromatic heterocycles. The van der Waals surface area contributed by atoms with Crippen molar-refractivity contribution in [1.29, 1.82) is 0 Å². The molecule has 0 aliphatic carbocycles. The lowest BCUT2D eigenvalue weighted by molar-refractivity contribution is -0.119. The van der Waals surface area contributed by atoms with Crippen molar-refractivity contribution in [3.63, 3.8) is 0 Å². The van der Waals surface area contributed by atoms with Gasteiger partial charge in [-0.3, -0.25) is 4.79 Å². The van der Waals surface area contributed by atoms with E-state index >= 15 is 0 Å². The number of benzene rings is 2. The number of carbonyl (C=O) groups excluding carboxylic acids is 1. The van der Waals surface area contributed by atoms with Crippen LogP contribution in [0, 0.1) is 13.8 Å². The van der Waals surface area contributed by atoms with Crippen molar-refractivity contribution < 1.29 is 4.79 Å². The first-order valence-electron chi connectivity index (χ1n) is 8.37. The molecule has 0 aliphatic rings. The Morgan fingerprint density at radius 1 is 1.15 bits per heavy atom. The molecule has 26 heavy (non-hydrogen) atoms. The van der Waals surface area contributed by atoms with Crippen LogP contribution < -0.4 is 5.32 Å². The summed E-state index contributed by atoms with van der Waals surface area (Å²) in [5.41, 5.74) is 4.35. The highest BCUT2D eigenvalue weighted by Gasteiger charge is 2.14. The second kappa shape index (κ2) is 8.14.